The summed E-state index contributed by atoms with van der Waals surface area (Å²) in [5.74, 6) is 0. The summed E-state index contributed by atoms with van der Waals surface area (Å²) in [6.07, 6.45) is 0.726. The van der Waals surface area contributed by atoms with Crippen LogP contribution in [0.4, 0.5) is 0 Å². The van der Waals surface area contributed by atoms with E-state index in [4.69, 9.17) is 5.73 Å². The maximum absolute atomic E-state index is 12.2. The Labute approximate surface area is 127 Å². The molecule has 1 aliphatic rings. The molecule has 0 radical (unpaired) electrons. The highest BCUT2D eigenvalue weighted by atomic mass is 79.9. The van der Waals surface area contributed by atoms with Crippen LogP contribution in [0.2, 0.25) is 0 Å². The van der Waals surface area contributed by atoms with Gasteiger partial charge in [-0.05, 0) is 38.3 Å². The van der Waals surface area contributed by atoms with Gasteiger partial charge in [0.1, 0.15) is 0 Å². The molecule has 1 fully saturated rings. The Morgan fingerprint density at radius 1 is 1.47 bits per heavy atom. The van der Waals surface area contributed by atoms with E-state index in [0.29, 0.717) is 21.8 Å². The smallest absolute Gasteiger partial charge is 0.253 e. The maximum Gasteiger partial charge on any atom is 0.253 e. The van der Waals surface area contributed by atoms with Crippen LogP contribution in [0, 0.1) is 0 Å². The van der Waals surface area contributed by atoms with Crippen molar-refractivity contribution in [3.8, 4) is 0 Å². The summed E-state index contributed by atoms with van der Waals surface area (Å²) < 4.78 is 27.6. The predicted molar refractivity (Wildman–Crippen MR) is 78.3 cm³/mol. The lowest BCUT2D eigenvalue weighted by atomic mass is 10.3. The summed E-state index contributed by atoms with van der Waals surface area (Å²) in [7, 11) is -3.39. The van der Waals surface area contributed by atoms with Crippen molar-refractivity contribution in [1.82, 2.24) is 4.31 Å². The summed E-state index contributed by atoms with van der Waals surface area (Å²) in [6.45, 7) is 0.912. The van der Waals surface area contributed by atoms with Crippen LogP contribution in [-0.2, 0) is 10.0 Å². The van der Waals surface area contributed by atoms with Gasteiger partial charge < -0.3 is 5.73 Å². The lowest BCUT2D eigenvalue weighted by Crippen LogP contribution is -2.31. The Morgan fingerprint density at radius 2 is 2.12 bits per heavy atom. The van der Waals surface area contributed by atoms with E-state index in [2.05, 4.69) is 31.9 Å². The predicted octanol–water partition coefficient (Wildman–Crippen LogP) is 2.42. The van der Waals surface area contributed by atoms with Gasteiger partial charge in [0.2, 0.25) is 0 Å². The van der Waals surface area contributed by atoms with Crippen LogP contribution in [0.3, 0.4) is 0 Å². The second kappa shape index (κ2) is 5.85. The van der Waals surface area contributed by atoms with E-state index >= 15 is 0 Å². The molecule has 17 heavy (non-hydrogen) atoms. The molecule has 0 aliphatic carbocycles. The van der Waals surface area contributed by atoms with E-state index < -0.39 is 10.0 Å². The van der Waals surface area contributed by atoms with Crippen molar-refractivity contribution in [3.05, 3.63) is 14.3 Å². The number of hydrogen-bond donors (Lipinski definition) is 1. The van der Waals surface area contributed by atoms with Gasteiger partial charge in [0.15, 0.2) is 4.21 Å². The Bertz CT molecular complexity index is 506. The molecule has 0 spiro atoms. The van der Waals surface area contributed by atoms with Gasteiger partial charge in [-0.25, -0.2) is 8.42 Å². The van der Waals surface area contributed by atoms with Gasteiger partial charge in [0, 0.05) is 29.0 Å². The third-order valence-electron chi connectivity index (χ3n) is 2.42. The molecule has 1 aromatic heterocycles. The molecule has 0 amide bonds. The normalized spacial score (nSPS) is 21.5. The standard InChI is InChI=1S/C8H10Br2N2O2S2.ClH/c9-6-4-15-8(7(6)10)16(13,14)12-2-1-5(11)3-12;/h4-5H,1-3,11H2;1H/t5-;/m1./s1. The maximum atomic E-state index is 12.2. The number of halogens is 3. The Morgan fingerprint density at radius 3 is 2.53 bits per heavy atom. The van der Waals surface area contributed by atoms with Gasteiger partial charge in [0.25, 0.3) is 10.0 Å². The second-order valence-corrected chi connectivity index (χ2v) is 8.26. The fraction of sp³-hybridized carbons (Fsp3) is 0.500. The Balaban J connectivity index is 0.00000144. The summed E-state index contributed by atoms with van der Waals surface area (Å²) in [5, 5.41) is 1.76. The lowest BCUT2D eigenvalue weighted by Gasteiger charge is -2.14. The fourth-order valence-electron chi connectivity index (χ4n) is 1.57. The third-order valence-corrected chi connectivity index (χ3v) is 8.61. The zero-order valence-electron chi connectivity index (χ0n) is 8.60. The number of nitrogens with two attached hydrogens (primary N) is 1. The lowest BCUT2D eigenvalue weighted by molar-refractivity contribution is 0.474. The summed E-state index contributed by atoms with van der Waals surface area (Å²) in [4.78, 5) is 0. The van der Waals surface area contributed by atoms with Gasteiger partial charge >= 0.3 is 0 Å². The van der Waals surface area contributed by atoms with E-state index in [0.717, 1.165) is 10.9 Å². The van der Waals surface area contributed by atoms with Gasteiger partial charge in [-0.2, -0.15) is 4.31 Å². The molecule has 0 saturated carbocycles. The molecule has 1 saturated heterocycles. The second-order valence-electron chi connectivity index (χ2n) is 3.60. The van der Waals surface area contributed by atoms with Crippen LogP contribution in [0.15, 0.2) is 18.5 Å². The molecule has 0 unspecified atom stereocenters. The first-order valence-electron chi connectivity index (χ1n) is 4.61. The fourth-order valence-corrected chi connectivity index (χ4v) is 6.26. The van der Waals surface area contributed by atoms with Crippen molar-refractivity contribution in [3.63, 3.8) is 0 Å². The summed E-state index contributed by atoms with van der Waals surface area (Å²) >= 11 is 7.77. The number of rotatable bonds is 2. The highest BCUT2D eigenvalue weighted by molar-refractivity contribution is 9.13. The molecular formula is C8H11Br2ClN2O2S2. The highest BCUT2D eigenvalue weighted by Gasteiger charge is 2.33. The molecule has 2 rings (SSSR count). The molecule has 2 N–H and O–H groups in total. The minimum Gasteiger partial charge on any atom is -0.326 e. The van der Waals surface area contributed by atoms with Crippen LogP contribution < -0.4 is 5.73 Å². The zero-order valence-corrected chi connectivity index (χ0v) is 14.2. The van der Waals surface area contributed by atoms with Crippen molar-refractivity contribution < 1.29 is 8.42 Å². The number of nitrogens with zero attached hydrogens (tertiary/aromatic N) is 1. The Hall–Kier alpha value is 0.820. The molecule has 1 aromatic rings. The van der Waals surface area contributed by atoms with Crippen LogP contribution in [0.25, 0.3) is 0 Å². The summed E-state index contributed by atoms with van der Waals surface area (Å²) in [6, 6.07) is -0.0445. The van der Waals surface area contributed by atoms with Crippen LogP contribution in [-0.4, -0.2) is 31.9 Å². The highest BCUT2D eigenvalue weighted by Crippen LogP contribution is 2.37. The molecule has 9 heteroatoms. The number of thiophene rings is 1. The average Bonchev–Trinajstić information content (AvgIpc) is 2.76. The van der Waals surface area contributed by atoms with Gasteiger partial charge in [-0.3, -0.25) is 0 Å². The minimum absolute atomic E-state index is 0. The topological polar surface area (TPSA) is 63.4 Å². The largest absolute Gasteiger partial charge is 0.326 e. The van der Waals surface area contributed by atoms with Crippen molar-refractivity contribution >= 4 is 65.6 Å². The molecule has 4 nitrogen and oxygen atoms in total. The summed E-state index contributed by atoms with van der Waals surface area (Å²) in [5.41, 5.74) is 5.72. The SMILES string of the molecule is Cl.N[C@@H]1CCN(S(=O)(=O)c2scc(Br)c2Br)C1. The van der Waals surface area contributed by atoms with Crippen molar-refractivity contribution in [2.75, 3.05) is 13.1 Å². The molecule has 0 aromatic carbocycles. The molecule has 98 valence electrons. The molecular weight excluding hydrogens is 415 g/mol. The van der Waals surface area contributed by atoms with Crippen LogP contribution in [0.1, 0.15) is 6.42 Å². The first-order chi connectivity index (χ1) is 7.43. The molecule has 1 atom stereocenters. The van der Waals surface area contributed by atoms with E-state index in [9.17, 15) is 8.42 Å². The van der Waals surface area contributed by atoms with Crippen molar-refractivity contribution in [1.29, 1.82) is 0 Å². The van der Waals surface area contributed by atoms with E-state index in [1.54, 1.807) is 5.38 Å². The van der Waals surface area contributed by atoms with Crippen molar-refractivity contribution in [2.24, 2.45) is 5.73 Å². The van der Waals surface area contributed by atoms with Gasteiger partial charge in [0.05, 0.1) is 4.47 Å². The first kappa shape index (κ1) is 15.9. The van der Waals surface area contributed by atoms with Crippen molar-refractivity contribution in [2.45, 2.75) is 16.7 Å². The minimum atomic E-state index is -3.39. The number of hydrogen-bond acceptors (Lipinski definition) is 4. The zero-order chi connectivity index (χ0) is 11.9. The van der Waals surface area contributed by atoms with E-state index in [1.165, 1.54) is 15.6 Å². The van der Waals surface area contributed by atoms with Crippen LogP contribution in [0.5, 0.6) is 0 Å². The third kappa shape index (κ3) is 3.05. The molecule has 0 bridgehead atoms. The molecule has 2 heterocycles. The monoisotopic (exact) mass is 424 g/mol. The quantitative estimate of drug-likeness (QED) is 0.790. The van der Waals surface area contributed by atoms with Gasteiger partial charge in [-0.1, -0.05) is 0 Å². The molecule has 1 aliphatic heterocycles. The Kier molecular flexibility index (Phi) is 5.47. The number of sulfonamides is 1. The average molecular weight is 427 g/mol. The van der Waals surface area contributed by atoms with Crippen LogP contribution >= 0.6 is 55.6 Å². The van der Waals surface area contributed by atoms with Gasteiger partial charge in [-0.15, -0.1) is 23.7 Å². The van der Waals surface area contributed by atoms with E-state index in [1.807, 2.05) is 0 Å². The first-order valence-corrected chi connectivity index (χ1v) is 8.51. The van der Waals surface area contributed by atoms with E-state index in [-0.39, 0.29) is 18.4 Å².